The molecule has 0 aliphatic heterocycles. The Bertz CT molecular complexity index is 667. The van der Waals surface area contributed by atoms with Gasteiger partial charge in [-0.05, 0) is 36.8 Å². The van der Waals surface area contributed by atoms with Gasteiger partial charge < -0.3 is 5.32 Å². The lowest BCUT2D eigenvalue weighted by molar-refractivity contribution is 0.602. The Morgan fingerprint density at radius 1 is 1.21 bits per heavy atom. The van der Waals surface area contributed by atoms with Crippen molar-refractivity contribution in [2.45, 2.75) is 18.4 Å². The molecule has 0 saturated carbocycles. The summed E-state index contributed by atoms with van der Waals surface area (Å²) in [7, 11) is -3.18. The molecule has 19 heavy (non-hydrogen) atoms. The molecular weight excluding hydrogens is 260 g/mol. The SMILES string of the molecule is Cc1ccc(S(C)(=O)=O)cc1NCc1ccccn1. The fourth-order valence-electron chi connectivity index (χ4n) is 1.71. The molecule has 0 spiro atoms. The van der Waals surface area contributed by atoms with Crippen LogP contribution >= 0.6 is 0 Å². The van der Waals surface area contributed by atoms with E-state index in [9.17, 15) is 8.42 Å². The van der Waals surface area contributed by atoms with Gasteiger partial charge in [0, 0.05) is 18.1 Å². The van der Waals surface area contributed by atoms with Crippen LogP contribution in [-0.2, 0) is 16.4 Å². The summed E-state index contributed by atoms with van der Waals surface area (Å²) < 4.78 is 23.1. The number of hydrogen-bond donors (Lipinski definition) is 1. The monoisotopic (exact) mass is 276 g/mol. The van der Waals surface area contributed by atoms with Crippen LogP contribution in [0.25, 0.3) is 0 Å². The average Bonchev–Trinajstić information content (AvgIpc) is 2.37. The van der Waals surface area contributed by atoms with Crippen LogP contribution in [0.3, 0.4) is 0 Å². The van der Waals surface area contributed by atoms with Crippen LogP contribution in [0.2, 0.25) is 0 Å². The second-order valence-corrected chi connectivity index (χ2v) is 6.44. The third kappa shape index (κ3) is 3.54. The van der Waals surface area contributed by atoms with E-state index in [1.165, 1.54) is 6.26 Å². The van der Waals surface area contributed by atoms with E-state index in [4.69, 9.17) is 0 Å². The Morgan fingerprint density at radius 3 is 2.63 bits per heavy atom. The lowest BCUT2D eigenvalue weighted by Gasteiger charge is -2.10. The molecule has 0 unspecified atom stereocenters. The highest BCUT2D eigenvalue weighted by atomic mass is 32.2. The highest BCUT2D eigenvalue weighted by Gasteiger charge is 2.09. The van der Waals surface area contributed by atoms with Gasteiger partial charge >= 0.3 is 0 Å². The lowest BCUT2D eigenvalue weighted by atomic mass is 10.2. The van der Waals surface area contributed by atoms with Gasteiger partial charge in [0.2, 0.25) is 0 Å². The summed E-state index contributed by atoms with van der Waals surface area (Å²) in [5, 5.41) is 3.21. The minimum Gasteiger partial charge on any atom is -0.379 e. The molecule has 0 bridgehead atoms. The number of hydrogen-bond acceptors (Lipinski definition) is 4. The van der Waals surface area contributed by atoms with E-state index in [1.807, 2.05) is 25.1 Å². The van der Waals surface area contributed by atoms with Gasteiger partial charge in [0.15, 0.2) is 9.84 Å². The van der Waals surface area contributed by atoms with Crippen molar-refractivity contribution in [3.8, 4) is 0 Å². The summed E-state index contributed by atoms with van der Waals surface area (Å²) >= 11 is 0. The van der Waals surface area contributed by atoms with Crippen molar-refractivity contribution in [2.75, 3.05) is 11.6 Å². The van der Waals surface area contributed by atoms with Crippen molar-refractivity contribution in [2.24, 2.45) is 0 Å². The fourth-order valence-corrected chi connectivity index (χ4v) is 2.36. The lowest BCUT2D eigenvalue weighted by Crippen LogP contribution is -2.04. The first-order chi connectivity index (χ1) is 8.97. The maximum atomic E-state index is 11.5. The standard InChI is InChI=1S/C14H16N2O2S/c1-11-6-7-13(19(2,17)18)9-14(11)16-10-12-5-3-4-8-15-12/h3-9,16H,10H2,1-2H3. The summed E-state index contributed by atoms with van der Waals surface area (Å²) in [6.07, 6.45) is 2.94. The van der Waals surface area contributed by atoms with Crippen LogP contribution in [0.1, 0.15) is 11.3 Å². The molecule has 1 N–H and O–H groups in total. The second kappa shape index (κ2) is 5.40. The number of nitrogens with one attached hydrogen (secondary N) is 1. The first kappa shape index (κ1) is 13.5. The van der Waals surface area contributed by atoms with Crippen LogP contribution in [0.4, 0.5) is 5.69 Å². The molecule has 5 heteroatoms. The molecule has 0 fully saturated rings. The molecule has 0 atom stereocenters. The van der Waals surface area contributed by atoms with Crippen LogP contribution in [0.15, 0.2) is 47.5 Å². The van der Waals surface area contributed by atoms with Gasteiger partial charge in [-0.2, -0.15) is 0 Å². The molecule has 1 heterocycles. The van der Waals surface area contributed by atoms with Gasteiger partial charge in [0.05, 0.1) is 17.1 Å². The number of aromatic nitrogens is 1. The first-order valence-electron chi connectivity index (χ1n) is 5.91. The van der Waals surface area contributed by atoms with E-state index in [1.54, 1.807) is 24.4 Å². The quantitative estimate of drug-likeness (QED) is 0.931. The van der Waals surface area contributed by atoms with Crippen molar-refractivity contribution in [3.05, 3.63) is 53.9 Å². The third-order valence-electron chi connectivity index (χ3n) is 2.82. The maximum absolute atomic E-state index is 11.5. The van der Waals surface area contributed by atoms with Crippen molar-refractivity contribution < 1.29 is 8.42 Å². The van der Waals surface area contributed by atoms with Gasteiger partial charge in [0.25, 0.3) is 0 Å². The number of aryl methyl sites for hydroxylation is 1. The van der Waals surface area contributed by atoms with Crippen LogP contribution in [-0.4, -0.2) is 19.7 Å². The number of pyridine rings is 1. The van der Waals surface area contributed by atoms with E-state index in [0.717, 1.165) is 16.9 Å². The molecule has 2 aromatic rings. The Hall–Kier alpha value is -1.88. The summed E-state index contributed by atoms with van der Waals surface area (Å²) in [5.41, 5.74) is 2.73. The molecule has 1 aromatic carbocycles. The van der Waals surface area contributed by atoms with Gasteiger partial charge in [-0.15, -0.1) is 0 Å². The van der Waals surface area contributed by atoms with E-state index in [-0.39, 0.29) is 0 Å². The van der Waals surface area contributed by atoms with E-state index in [2.05, 4.69) is 10.3 Å². The molecule has 0 saturated heterocycles. The summed E-state index contributed by atoms with van der Waals surface area (Å²) in [5.74, 6) is 0. The zero-order chi connectivity index (χ0) is 13.9. The predicted molar refractivity (Wildman–Crippen MR) is 75.9 cm³/mol. The minimum atomic E-state index is -3.18. The maximum Gasteiger partial charge on any atom is 0.175 e. The average molecular weight is 276 g/mol. The molecule has 0 aliphatic carbocycles. The number of sulfone groups is 1. The molecule has 0 aliphatic rings. The smallest absolute Gasteiger partial charge is 0.175 e. The van der Waals surface area contributed by atoms with Crippen molar-refractivity contribution >= 4 is 15.5 Å². The largest absolute Gasteiger partial charge is 0.379 e. The van der Waals surface area contributed by atoms with Gasteiger partial charge in [0.1, 0.15) is 0 Å². The number of benzene rings is 1. The number of anilines is 1. The van der Waals surface area contributed by atoms with Crippen molar-refractivity contribution in [3.63, 3.8) is 0 Å². The molecule has 4 nitrogen and oxygen atoms in total. The van der Waals surface area contributed by atoms with Gasteiger partial charge in [-0.25, -0.2) is 8.42 Å². The highest BCUT2D eigenvalue weighted by molar-refractivity contribution is 7.90. The van der Waals surface area contributed by atoms with Crippen molar-refractivity contribution in [1.29, 1.82) is 0 Å². The molecule has 2 rings (SSSR count). The molecule has 0 radical (unpaired) electrons. The number of rotatable bonds is 4. The van der Waals surface area contributed by atoms with Crippen LogP contribution < -0.4 is 5.32 Å². The Morgan fingerprint density at radius 2 is 2.00 bits per heavy atom. The predicted octanol–water partition coefficient (Wildman–Crippen LogP) is 2.41. The molecular formula is C14H16N2O2S. The highest BCUT2D eigenvalue weighted by Crippen LogP contribution is 2.20. The molecule has 0 amide bonds. The Labute approximate surface area is 113 Å². The summed E-state index contributed by atoms with van der Waals surface area (Å²) in [6, 6.07) is 10.8. The Balaban J connectivity index is 2.21. The van der Waals surface area contributed by atoms with Gasteiger partial charge in [-0.1, -0.05) is 12.1 Å². The molecule has 100 valence electrons. The number of nitrogens with zero attached hydrogens (tertiary/aromatic N) is 1. The zero-order valence-corrected chi connectivity index (χ0v) is 11.7. The van der Waals surface area contributed by atoms with E-state index >= 15 is 0 Å². The third-order valence-corrected chi connectivity index (χ3v) is 3.93. The van der Waals surface area contributed by atoms with E-state index in [0.29, 0.717) is 11.4 Å². The summed E-state index contributed by atoms with van der Waals surface area (Å²) in [6.45, 7) is 2.50. The summed E-state index contributed by atoms with van der Waals surface area (Å²) in [4.78, 5) is 4.53. The van der Waals surface area contributed by atoms with Crippen molar-refractivity contribution in [1.82, 2.24) is 4.98 Å². The fraction of sp³-hybridized carbons (Fsp3) is 0.214. The topological polar surface area (TPSA) is 59.1 Å². The van der Waals surface area contributed by atoms with Crippen LogP contribution in [0, 0.1) is 6.92 Å². The van der Waals surface area contributed by atoms with Gasteiger partial charge in [-0.3, -0.25) is 4.98 Å². The normalized spacial score (nSPS) is 11.3. The second-order valence-electron chi connectivity index (χ2n) is 4.42. The van der Waals surface area contributed by atoms with E-state index < -0.39 is 9.84 Å². The first-order valence-corrected chi connectivity index (χ1v) is 7.80. The van der Waals surface area contributed by atoms with Crippen LogP contribution in [0.5, 0.6) is 0 Å². The zero-order valence-electron chi connectivity index (χ0n) is 10.9. The Kier molecular flexibility index (Phi) is 3.85. The molecule has 1 aromatic heterocycles. The minimum absolute atomic E-state index is 0.321.